The molecular weight excluding hydrogens is 216 g/mol. The highest BCUT2D eigenvalue weighted by Crippen LogP contribution is 2.36. The molecule has 0 heterocycles. The number of hydrogen-bond donors (Lipinski definition) is 1. The van der Waals surface area contributed by atoms with Crippen LogP contribution < -0.4 is 0 Å². The van der Waals surface area contributed by atoms with Crippen molar-refractivity contribution in [3.8, 4) is 0 Å². The van der Waals surface area contributed by atoms with Crippen molar-refractivity contribution in [2.24, 2.45) is 0 Å². The number of hydrogen-bond acceptors (Lipinski definition) is 2. The predicted octanol–water partition coefficient (Wildman–Crippen LogP) is 3.73. The van der Waals surface area contributed by atoms with Crippen LogP contribution in [0, 0.1) is 0 Å². The van der Waals surface area contributed by atoms with Gasteiger partial charge < -0.3 is 9.53 Å². The molecule has 0 spiro atoms. The fourth-order valence-corrected chi connectivity index (χ4v) is 2.16. The summed E-state index contributed by atoms with van der Waals surface area (Å²) in [5.74, 6) is 0. The Kier molecular flexibility index (Phi) is 5.43. The van der Waals surface area contributed by atoms with E-state index in [1.807, 2.05) is 0 Å². The maximum absolute atomic E-state index is 9.75. The SMILES string of the molecule is C=C[C@](C)(O)CCCO[Si](C)(C)C(C)(C)C. The van der Waals surface area contributed by atoms with E-state index in [0.29, 0.717) is 6.42 Å². The van der Waals surface area contributed by atoms with E-state index in [1.165, 1.54) is 0 Å². The molecule has 0 saturated carbocycles. The summed E-state index contributed by atoms with van der Waals surface area (Å²) >= 11 is 0. The van der Waals surface area contributed by atoms with E-state index in [2.05, 4.69) is 40.4 Å². The molecule has 0 aromatic heterocycles. The van der Waals surface area contributed by atoms with Crippen molar-refractivity contribution < 1.29 is 9.53 Å². The van der Waals surface area contributed by atoms with Crippen LogP contribution in [-0.4, -0.2) is 25.6 Å². The first-order valence-electron chi connectivity index (χ1n) is 6.02. The zero-order valence-electron chi connectivity index (χ0n) is 11.8. The number of aliphatic hydroxyl groups is 1. The lowest BCUT2D eigenvalue weighted by Crippen LogP contribution is -2.41. The topological polar surface area (TPSA) is 29.5 Å². The Hall–Kier alpha value is -0.123. The normalized spacial score (nSPS) is 16.9. The lowest BCUT2D eigenvalue weighted by molar-refractivity contribution is 0.0929. The summed E-state index contributed by atoms with van der Waals surface area (Å²) in [4.78, 5) is 0. The lowest BCUT2D eigenvalue weighted by atomic mass is 10.0. The van der Waals surface area contributed by atoms with Crippen LogP contribution in [0.15, 0.2) is 12.7 Å². The summed E-state index contributed by atoms with van der Waals surface area (Å²) in [5, 5.41) is 10.0. The summed E-state index contributed by atoms with van der Waals surface area (Å²) in [5.41, 5.74) is -0.753. The van der Waals surface area contributed by atoms with E-state index < -0.39 is 13.9 Å². The molecule has 0 aromatic rings. The van der Waals surface area contributed by atoms with Gasteiger partial charge in [-0.05, 0) is 37.9 Å². The molecule has 96 valence electrons. The van der Waals surface area contributed by atoms with Crippen LogP contribution in [0.2, 0.25) is 18.1 Å². The first kappa shape index (κ1) is 15.9. The average Bonchev–Trinajstić information content (AvgIpc) is 2.11. The van der Waals surface area contributed by atoms with Crippen LogP contribution in [-0.2, 0) is 4.43 Å². The van der Waals surface area contributed by atoms with Gasteiger partial charge in [-0.3, -0.25) is 0 Å². The third-order valence-corrected chi connectivity index (χ3v) is 8.07. The van der Waals surface area contributed by atoms with Gasteiger partial charge in [0.25, 0.3) is 0 Å². The average molecular weight is 244 g/mol. The van der Waals surface area contributed by atoms with Crippen molar-refractivity contribution in [2.45, 2.75) is 64.3 Å². The van der Waals surface area contributed by atoms with Gasteiger partial charge in [0.05, 0.1) is 5.60 Å². The molecule has 0 rings (SSSR count). The third-order valence-electron chi connectivity index (χ3n) is 3.54. The highest BCUT2D eigenvalue weighted by atomic mass is 28.4. The van der Waals surface area contributed by atoms with Crippen molar-refractivity contribution in [2.75, 3.05) is 6.61 Å². The molecule has 0 aliphatic rings. The second-order valence-corrected chi connectivity index (χ2v) is 11.1. The van der Waals surface area contributed by atoms with Crippen LogP contribution >= 0.6 is 0 Å². The molecule has 16 heavy (non-hydrogen) atoms. The molecule has 1 atom stereocenters. The Bertz CT molecular complexity index is 227. The predicted molar refractivity (Wildman–Crippen MR) is 73.2 cm³/mol. The molecular formula is C13H28O2Si. The molecule has 0 amide bonds. The maximum Gasteiger partial charge on any atom is 0.191 e. The molecule has 0 bridgehead atoms. The Morgan fingerprint density at radius 2 is 1.75 bits per heavy atom. The van der Waals surface area contributed by atoms with E-state index in [1.54, 1.807) is 13.0 Å². The van der Waals surface area contributed by atoms with E-state index >= 15 is 0 Å². The number of rotatable bonds is 6. The molecule has 0 unspecified atom stereocenters. The molecule has 0 radical (unpaired) electrons. The van der Waals surface area contributed by atoms with Crippen molar-refractivity contribution in [3.05, 3.63) is 12.7 Å². The summed E-state index contributed by atoms with van der Waals surface area (Å²) in [6, 6.07) is 0. The Labute approximate surface area is 102 Å². The fourth-order valence-electron chi connectivity index (χ4n) is 1.08. The van der Waals surface area contributed by atoms with Gasteiger partial charge in [0, 0.05) is 6.61 Å². The van der Waals surface area contributed by atoms with Crippen LogP contribution in [0.1, 0.15) is 40.5 Å². The summed E-state index contributed by atoms with van der Waals surface area (Å²) < 4.78 is 6.03. The van der Waals surface area contributed by atoms with Gasteiger partial charge in [-0.25, -0.2) is 0 Å². The molecule has 2 nitrogen and oxygen atoms in total. The molecule has 1 N–H and O–H groups in total. The van der Waals surface area contributed by atoms with Gasteiger partial charge in [-0.15, -0.1) is 6.58 Å². The Morgan fingerprint density at radius 3 is 2.12 bits per heavy atom. The third kappa shape index (κ3) is 5.28. The fraction of sp³-hybridized carbons (Fsp3) is 0.846. The van der Waals surface area contributed by atoms with Crippen LogP contribution in [0.3, 0.4) is 0 Å². The minimum Gasteiger partial charge on any atom is -0.417 e. The zero-order valence-corrected chi connectivity index (χ0v) is 12.8. The molecule has 0 fully saturated rings. The van der Waals surface area contributed by atoms with Gasteiger partial charge in [0.2, 0.25) is 0 Å². The largest absolute Gasteiger partial charge is 0.417 e. The van der Waals surface area contributed by atoms with Gasteiger partial charge >= 0.3 is 0 Å². The van der Waals surface area contributed by atoms with Gasteiger partial charge in [-0.2, -0.15) is 0 Å². The molecule has 3 heteroatoms. The Morgan fingerprint density at radius 1 is 1.25 bits per heavy atom. The Balaban J connectivity index is 3.96. The van der Waals surface area contributed by atoms with Crippen LogP contribution in [0.25, 0.3) is 0 Å². The van der Waals surface area contributed by atoms with Crippen molar-refractivity contribution >= 4 is 8.32 Å². The lowest BCUT2D eigenvalue weighted by Gasteiger charge is -2.36. The van der Waals surface area contributed by atoms with E-state index in [-0.39, 0.29) is 5.04 Å². The van der Waals surface area contributed by atoms with Crippen molar-refractivity contribution in [1.29, 1.82) is 0 Å². The minimum absolute atomic E-state index is 0.258. The second-order valence-electron chi connectivity index (χ2n) is 6.27. The van der Waals surface area contributed by atoms with Gasteiger partial charge in [0.1, 0.15) is 0 Å². The van der Waals surface area contributed by atoms with Gasteiger partial charge in [-0.1, -0.05) is 26.8 Å². The molecule has 0 saturated heterocycles. The molecule has 0 aliphatic heterocycles. The smallest absolute Gasteiger partial charge is 0.191 e. The monoisotopic (exact) mass is 244 g/mol. The minimum atomic E-state index is -1.62. The van der Waals surface area contributed by atoms with Crippen molar-refractivity contribution in [1.82, 2.24) is 0 Å². The molecule has 0 aromatic carbocycles. The second kappa shape index (κ2) is 5.47. The zero-order chi connectivity index (χ0) is 13.0. The first-order valence-corrected chi connectivity index (χ1v) is 8.93. The maximum atomic E-state index is 9.75. The highest BCUT2D eigenvalue weighted by Gasteiger charge is 2.36. The van der Waals surface area contributed by atoms with Crippen LogP contribution in [0.5, 0.6) is 0 Å². The summed E-state index contributed by atoms with van der Waals surface area (Å²) in [7, 11) is -1.62. The van der Waals surface area contributed by atoms with Gasteiger partial charge in [0.15, 0.2) is 8.32 Å². The van der Waals surface area contributed by atoms with Crippen molar-refractivity contribution in [3.63, 3.8) is 0 Å². The van der Waals surface area contributed by atoms with Crippen LogP contribution in [0.4, 0.5) is 0 Å². The highest BCUT2D eigenvalue weighted by molar-refractivity contribution is 6.74. The standard InChI is InChI=1S/C13H28O2Si/c1-8-13(5,14)10-9-11-15-16(6,7)12(2,3)4/h8,14H,1,9-11H2,2-7H3/t13-/m0/s1. The molecule has 0 aliphatic carbocycles. The van der Waals surface area contributed by atoms with E-state index in [0.717, 1.165) is 13.0 Å². The quantitative estimate of drug-likeness (QED) is 0.438. The summed E-state index contributed by atoms with van der Waals surface area (Å²) in [6.07, 6.45) is 3.19. The van der Waals surface area contributed by atoms with E-state index in [4.69, 9.17) is 4.43 Å². The summed E-state index contributed by atoms with van der Waals surface area (Å²) in [6.45, 7) is 17.3. The first-order chi connectivity index (χ1) is 7.02. The van der Waals surface area contributed by atoms with E-state index in [9.17, 15) is 5.11 Å².